The number of nitrogens with zero attached hydrogens (tertiary/aromatic N) is 2. The minimum Gasteiger partial charge on any atom is -0.389 e. The normalized spacial score (nSPS) is 32.0. The van der Waals surface area contributed by atoms with E-state index in [1.807, 2.05) is 0 Å². The Hall–Kier alpha value is -0.360. The summed E-state index contributed by atoms with van der Waals surface area (Å²) in [6.07, 6.45) is -0.393. The first-order valence-electron chi connectivity index (χ1n) is 5.56. The molecule has 0 aromatic rings. The van der Waals surface area contributed by atoms with Crippen molar-refractivity contribution in [3.63, 3.8) is 0 Å². The number of rotatable bonds is 2. The van der Waals surface area contributed by atoms with Gasteiger partial charge in [0.2, 0.25) is 5.91 Å². The van der Waals surface area contributed by atoms with Crippen LogP contribution in [-0.2, 0) is 9.53 Å². The Balaban J connectivity index is 1.83. The second-order valence-electron chi connectivity index (χ2n) is 4.22. The summed E-state index contributed by atoms with van der Waals surface area (Å²) in [5, 5.41) is 9.69. The van der Waals surface area contributed by atoms with E-state index in [-0.39, 0.29) is 17.8 Å². The Bertz CT molecular complexity index is 256. The second-order valence-corrected chi connectivity index (χ2v) is 4.49. The van der Waals surface area contributed by atoms with Crippen molar-refractivity contribution in [2.24, 2.45) is 0 Å². The highest BCUT2D eigenvalue weighted by atomic mass is 35.5. The fraction of sp³-hybridized carbons (Fsp3) is 0.900. The summed E-state index contributed by atoms with van der Waals surface area (Å²) in [6.45, 7) is 3.96. The molecular formula is C10H17ClN2O3. The third kappa shape index (κ3) is 2.48. The number of aliphatic hydroxyl groups excluding tert-OH is 1. The number of amides is 1. The van der Waals surface area contributed by atoms with Crippen LogP contribution in [0.5, 0.6) is 0 Å². The average molecular weight is 249 g/mol. The Morgan fingerprint density at radius 3 is 2.50 bits per heavy atom. The van der Waals surface area contributed by atoms with Crippen LogP contribution < -0.4 is 0 Å². The number of carbonyl (C=O) groups excluding carboxylic acids is 1. The van der Waals surface area contributed by atoms with Crippen LogP contribution in [-0.4, -0.2) is 78.2 Å². The number of hydrogen-bond acceptors (Lipinski definition) is 4. The van der Waals surface area contributed by atoms with Crippen molar-refractivity contribution in [3.8, 4) is 0 Å². The molecule has 2 aliphatic heterocycles. The molecule has 92 valence electrons. The lowest BCUT2D eigenvalue weighted by Crippen LogP contribution is -2.54. The Morgan fingerprint density at radius 2 is 2.00 bits per heavy atom. The van der Waals surface area contributed by atoms with Crippen LogP contribution in [0.25, 0.3) is 0 Å². The molecule has 1 N–H and O–H groups in total. The summed E-state index contributed by atoms with van der Waals surface area (Å²) >= 11 is 5.51. The van der Waals surface area contributed by atoms with Crippen molar-refractivity contribution in [1.82, 2.24) is 9.80 Å². The predicted octanol–water partition coefficient (Wildman–Crippen LogP) is -0.871. The Kier molecular flexibility index (Phi) is 4.02. The molecule has 0 aromatic carbocycles. The van der Waals surface area contributed by atoms with Gasteiger partial charge in [0.1, 0.15) is 5.88 Å². The molecule has 5 nitrogen and oxygen atoms in total. The molecule has 0 bridgehead atoms. The van der Waals surface area contributed by atoms with E-state index < -0.39 is 6.10 Å². The smallest absolute Gasteiger partial charge is 0.237 e. The Labute approximate surface area is 99.9 Å². The van der Waals surface area contributed by atoms with Gasteiger partial charge in [-0.3, -0.25) is 9.69 Å². The molecule has 2 atom stereocenters. The van der Waals surface area contributed by atoms with E-state index in [2.05, 4.69) is 4.90 Å². The highest BCUT2D eigenvalue weighted by Crippen LogP contribution is 2.15. The first kappa shape index (κ1) is 12.1. The standard InChI is InChI=1S/C10H17ClN2O3/c11-5-10(15)13-3-1-12(2-4-13)8-6-16-7-9(8)14/h8-9,14H,1-7H2/t8-,9-/m1/s1. The SMILES string of the molecule is O=C(CCl)N1CCN([C@@H]2COC[C@H]2O)CC1. The minimum atomic E-state index is -0.393. The van der Waals surface area contributed by atoms with E-state index >= 15 is 0 Å². The lowest BCUT2D eigenvalue weighted by molar-refractivity contribution is -0.130. The molecule has 0 aliphatic carbocycles. The van der Waals surface area contributed by atoms with Gasteiger partial charge in [-0.1, -0.05) is 0 Å². The van der Waals surface area contributed by atoms with Crippen LogP contribution in [0.3, 0.4) is 0 Å². The number of carbonyl (C=O) groups is 1. The van der Waals surface area contributed by atoms with Crippen LogP contribution >= 0.6 is 11.6 Å². The molecule has 2 heterocycles. The third-order valence-corrected chi connectivity index (χ3v) is 3.50. The van der Waals surface area contributed by atoms with Gasteiger partial charge in [-0.05, 0) is 0 Å². The number of alkyl halides is 1. The van der Waals surface area contributed by atoms with Gasteiger partial charge in [-0.2, -0.15) is 0 Å². The number of ether oxygens (including phenoxy) is 1. The summed E-state index contributed by atoms with van der Waals surface area (Å²) in [5.74, 6) is 0.0411. The van der Waals surface area contributed by atoms with Crippen molar-refractivity contribution in [2.75, 3.05) is 45.3 Å². The third-order valence-electron chi connectivity index (χ3n) is 3.27. The summed E-state index contributed by atoms with van der Waals surface area (Å²) < 4.78 is 5.22. The number of aliphatic hydroxyl groups is 1. The molecule has 1 amide bonds. The molecule has 2 saturated heterocycles. The maximum absolute atomic E-state index is 11.4. The van der Waals surface area contributed by atoms with E-state index in [1.54, 1.807) is 4.90 Å². The zero-order valence-corrected chi connectivity index (χ0v) is 9.90. The zero-order valence-electron chi connectivity index (χ0n) is 9.14. The monoisotopic (exact) mass is 248 g/mol. The van der Waals surface area contributed by atoms with Crippen LogP contribution in [0.4, 0.5) is 0 Å². The number of halogens is 1. The fourth-order valence-corrected chi connectivity index (χ4v) is 2.44. The quantitative estimate of drug-likeness (QED) is 0.646. The first-order chi connectivity index (χ1) is 7.72. The maximum atomic E-state index is 11.4. The maximum Gasteiger partial charge on any atom is 0.237 e. The first-order valence-corrected chi connectivity index (χ1v) is 6.09. The van der Waals surface area contributed by atoms with Crippen molar-refractivity contribution in [1.29, 1.82) is 0 Å². The van der Waals surface area contributed by atoms with Crippen molar-refractivity contribution >= 4 is 17.5 Å². The molecular weight excluding hydrogens is 232 g/mol. The summed E-state index contributed by atoms with van der Waals surface area (Å²) in [6, 6.07) is 0.0910. The van der Waals surface area contributed by atoms with Gasteiger partial charge in [0.25, 0.3) is 0 Å². The molecule has 2 fully saturated rings. The molecule has 2 aliphatic rings. The van der Waals surface area contributed by atoms with Gasteiger partial charge in [0, 0.05) is 26.2 Å². The number of hydrogen-bond donors (Lipinski definition) is 1. The van der Waals surface area contributed by atoms with Crippen LogP contribution in [0.2, 0.25) is 0 Å². The van der Waals surface area contributed by atoms with E-state index in [1.165, 1.54) is 0 Å². The Morgan fingerprint density at radius 1 is 1.31 bits per heavy atom. The highest BCUT2D eigenvalue weighted by molar-refractivity contribution is 6.27. The van der Waals surface area contributed by atoms with E-state index in [4.69, 9.17) is 16.3 Å². The minimum absolute atomic E-state index is 0.00969. The van der Waals surface area contributed by atoms with E-state index in [0.29, 0.717) is 26.3 Å². The highest BCUT2D eigenvalue weighted by Gasteiger charge is 2.33. The van der Waals surface area contributed by atoms with Gasteiger partial charge in [0.05, 0.1) is 25.4 Å². The lowest BCUT2D eigenvalue weighted by Gasteiger charge is -2.38. The average Bonchev–Trinajstić information content (AvgIpc) is 2.75. The molecule has 0 saturated carbocycles. The van der Waals surface area contributed by atoms with Crippen LogP contribution in [0.15, 0.2) is 0 Å². The molecule has 0 unspecified atom stereocenters. The van der Waals surface area contributed by atoms with Crippen molar-refractivity contribution < 1.29 is 14.6 Å². The van der Waals surface area contributed by atoms with Crippen LogP contribution in [0, 0.1) is 0 Å². The fourth-order valence-electron chi connectivity index (χ4n) is 2.27. The second kappa shape index (κ2) is 5.31. The summed E-state index contributed by atoms with van der Waals surface area (Å²) in [4.78, 5) is 15.3. The van der Waals surface area contributed by atoms with E-state index in [0.717, 1.165) is 13.1 Å². The van der Waals surface area contributed by atoms with Gasteiger partial charge < -0.3 is 14.7 Å². The zero-order chi connectivity index (χ0) is 11.5. The molecule has 16 heavy (non-hydrogen) atoms. The van der Waals surface area contributed by atoms with Gasteiger partial charge in [0.15, 0.2) is 0 Å². The van der Waals surface area contributed by atoms with Gasteiger partial charge in [-0.25, -0.2) is 0 Å². The lowest BCUT2D eigenvalue weighted by atomic mass is 10.1. The molecule has 0 radical (unpaired) electrons. The molecule has 6 heteroatoms. The predicted molar refractivity (Wildman–Crippen MR) is 59.5 cm³/mol. The van der Waals surface area contributed by atoms with Crippen LogP contribution in [0.1, 0.15) is 0 Å². The van der Waals surface area contributed by atoms with Crippen molar-refractivity contribution in [3.05, 3.63) is 0 Å². The number of piperazine rings is 1. The summed E-state index contributed by atoms with van der Waals surface area (Å²) in [5.41, 5.74) is 0. The van der Waals surface area contributed by atoms with Gasteiger partial charge in [-0.15, -0.1) is 11.6 Å². The summed E-state index contributed by atoms with van der Waals surface area (Å²) in [7, 11) is 0. The molecule has 2 rings (SSSR count). The molecule has 0 spiro atoms. The largest absolute Gasteiger partial charge is 0.389 e. The molecule has 0 aromatic heterocycles. The van der Waals surface area contributed by atoms with Gasteiger partial charge >= 0.3 is 0 Å². The van der Waals surface area contributed by atoms with Crippen molar-refractivity contribution in [2.45, 2.75) is 12.1 Å². The topological polar surface area (TPSA) is 53.0 Å². The van der Waals surface area contributed by atoms with E-state index in [9.17, 15) is 9.90 Å².